The lowest BCUT2D eigenvalue weighted by Gasteiger charge is -2.24. The van der Waals surface area contributed by atoms with E-state index in [1.54, 1.807) is 20.0 Å². The van der Waals surface area contributed by atoms with Crippen molar-refractivity contribution >= 4 is 34.8 Å². The van der Waals surface area contributed by atoms with Gasteiger partial charge >= 0.3 is 12.2 Å². The number of hydrogen-bond acceptors (Lipinski definition) is 4. The zero-order valence-corrected chi connectivity index (χ0v) is 11.3. The Morgan fingerprint density at radius 3 is 2.44 bits per heavy atom. The Labute approximate surface area is 107 Å². The van der Waals surface area contributed by atoms with E-state index < -0.39 is 12.2 Å². The highest BCUT2D eigenvalue weighted by atomic mass is 127. The van der Waals surface area contributed by atoms with Crippen molar-refractivity contribution < 1.29 is 19.1 Å². The van der Waals surface area contributed by atoms with Crippen molar-refractivity contribution in [2.75, 3.05) is 19.8 Å². The van der Waals surface area contributed by atoms with Crippen LogP contribution in [0.3, 0.4) is 0 Å². The van der Waals surface area contributed by atoms with Gasteiger partial charge in [-0.2, -0.15) is 5.01 Å². The van der Waals surface area contributed by atoms with E-state index in [-0.39, 0.29) is 13.2 Å². The zero-order chi connectivity index (χ0) is 12.1. The molecule has 1 aliphatic rings. The molecule has 90 valence electrons. The minimum atomic E-state index is -0.581. The highest BCUT2D eigenvalue weighted by molar-refractivity contribution is 14.1. The standard InChI is InChI=1S/C9H13IN2O4/c1-3-15-8(13)11-5-7(10)6-12(11)9(14)16-4-2/h5H,3-4,6H2,1-2H3. The van der Waals surface area contributed by atoms with Crippen LogP contribution in [0, 0.1) is 0 Å². The summed E-state index contributed by atoms with van der Waals surface area (Å²) in [6.45, 7) is 4.27. The molecule has 0 radical (unpaired) electrons. The number of hydrazine groups is 1. The topological polar surface area (TPSA) is 59.1 Å². The van der Waals surface area contributed by atoms with Crippen molar-refractivity contribution in [1.82, 2.24) is 10.0 Å². The van der Waals surface area contributed by atoms with Gasteiger partial charge in [-0.25, -0.2) is 14.6 Å². The Bertz CT molecular complexity index is 319. The molecule has 0 aromatic carbocycles. The predicted octanol–water partition coefficient (Wildman–Crippen LogP) is 2.11. The Hall–Kier alpha value is -0.990. The van der Waals surface area contributed by atoms with Gasteiger partial charge in [0.15, 0.2) is 0 Å². The van der Waals surface area contributed by atoms with E-state index in [1.807, 2.05) is 22.6 Å². The Kier molecular flexibility index (Phi) is 4.84. The maximum atomic E-state index is 11.5. The fourth-order valence-electron chi connectivity index (χ4n) is 1.15. The van der Waals surface area contributed by atoms with Crippen LogP contribution >= 0.6 is 22.6 Å². The Morgan fingerprint density at radius 1 is 1.31 bits per heavy atom. The van der Waals surface area contributed by atoms with Gasteiger partial charge < -0.3 is 9.47 Å². The maximum Gasteiger partial charge on any atom is 0.433 e. The summed E-state index contributed by atoms with van der Waals surface area (Å²) < 4.78 is 10.5. The molecule has 2 amide bonds. The van der Waals surface area contributed by atoms with Crippen molar-refractivity contribution in [2.24, 2.45) is 0 Å². The molecule has 0 aromatic heterocycles. The second kappa shape index (κ2) is 5.92. The van der Waals surface area contributed by atoms with Crippen LogP contribution < -0.4 is 0 Å². The smallest absolute Gasteiger partial charge is 0.433 e. The quantitative estimate of drug-likeness (QED) is 0.723. The molecule has 0 fully saturated rings. The summed E-state index contributed by atoms with van der Waals surface area (Å²) >= 11 is 2.05. The molecule has 0 saturated heterocycles. The third-order valence-corrected chi connectivity index (χ3v) is 2.38. The minimum Gasteiger partial charge on any atom is -0.448 e. The van der Waals surface area contributed by atoms with Gasteiger partial charge in [-0.3, -0.25) is 0 Å². The number of halogens is 1. The molecule has 0 unspecified atom stereocenters. The molecule has 1 heterocycles. The number of nitrogens with zero attached hydrogens (tertiary/aromatic N) is 2. The van der Waals surface area contributed by atoms with E-state index in [4.69, 9.17) is 9.47 Å². The van der Waals surface area contributed by atoms with Gasteiger partial charge in [0.2, 0.25) is 0 Å². The molecule has 1 rings (SSSR count). The number of carbonyl (C=O) groups excluding carboxylic acids is 2. The van der Waals surface area contributed by atoms with E-state index in [9.17, 15) is 9.59 Å². The zero-order valence-electron chi connectivity index (χ0n) is 9.10. The number of carbonyl (C=O) groups is 2. The van der Waals surface area contributed by atoms with Crippen LogP contribution in [0.15, 0.2) is 9.78 Å². The SMILES string of the molecule is CCOC(=O)N1C=C(I)CN1C(=O)OCC. The summed E-state index contributed by atoms with van der Waals surface area (Å²) in [5.74, 6) is 0. The molecule has 0 N–H and O–H groups in total. The van der Waals surface area contributed by atoms with Gasteiger partial charge in [-0.1, -0.05) is 0 Å². The maximum absolute atomic E-state index is 11.5. The van der Waals surface area contributed by atoms with Gasteiger partial charge in [0, 0.05) is 9.78 Å². The summed E-state index contributed by atoms with van der Waals surface area (Å²) in [7, 11) is 0. The highest BCUT2D eigenvalue weighted by Gasteiger charge is 2.32. The van der Waals surface area contributed by atoms with E-state index in [1.165, 1.54) is 5.01 Å². The fourth-order valence-corrected chi connectivity index (χ4v) is 1.74. The highest BCUT2D eigenvalue weighted by Crippen LogP contribution is 2.21. The van der Waals surface area contributed by atoms with Crippen molar-refractivity contribution in [1.29, 1.82) is 0 Å². The van der Waals surface area contributed by atoms with E-state index >= 15 is 0 Å². The molecular weight excluding hydrogens is 327 g/mol. The van der Waals surface area contributed by atoms with Crippen LogP contribution in [0.25, 0.3) is 0 Å². The van der Waals surface area contributed by atoms with E-state index in [2.05, 4.69) is 0 Å². The van der Waals surface area contributed by atoms with Gasteiger partial charge in [-0.15, -0.1) is 0 Å². The number of hydrogen-bond donors (Lipinski definition) is 0. The lowest BCUT2D eigenvalue weighted by Crippen LogP contribution is -2.44. The molecule has 0 aliphatic carbocycles. The summed E-state index contributed by atoms with van der Waals surface area (Å²) in [6, 6.07) is 0. The summed E-state index contributed by atoms with van der Waals surface area (Å²) in [5, 5.41) is 2.33. The fraction of sp³-hybridized carbons (Fsp3) is 0.556. The van der Waals surface area contributed by atoms with E-state index in [0.717, 1.165) is 8.59 Å². The number of ether oxygens (including phenoxy) is 2. The van der Waals surface area contributed by atoms with Crippen LogP contribution in [-0.4, -0.2) is 42.0 Å². The number of rotatable bonds is 2. The Morgan fingerprint density at radius 2 is 1.88 bits per heavy atom. The molecule has 0 bridgehead atoms. The molecule has 6 nitrogen and oxygen atoms in total. The van der Waals surface area contributed by atoms with Gasteiger partial charge in [-0.05, 0) is 36.4 Å². The molecule has 1 aliphatic heterocycles. The average molecular weight is 340 g/mol. The number of amides is 2. The first-order chi connectivity index (χ1) is 7.60. The minimum absolute atomic E-state index is 0.260. The van der Waals surface area contributed by atoms with Gasteiger partial charge in [0.25, 0.3) is 0 Å². The first-order valence-electron chi connectivity index (χ1n) is 4.86. The second-order valence-corrected chi connectivity index (χ2v) is 4.26. The lowest BCUT2D eigenvalue weighted by molar-refractivity contribution is 0.0211. The van der Waals surface area contributed by atoms with Crippen LogP contribution in [0.1, 0.15) is 13.8 Å². The molecule has 0 aromatic rings. The third kappa shape index (κ3) is 3.00. The first kappa shape index (κ1) is 13.1. The molecule has 0 atom stereocenters. The molecule has 0 saturated carbocycles. The Balaban J connectivity index is 2.71. The predicted molar refractivity (Wildman–Crippen MR) is 64.7 cm³/mol. The summed E-state index contributed by atoms with van der Waals surface area (Å²) in [6.07, 6.45) is 0.413. The normalized spacial score (nSPS) is 14.8. The van der Waals surface area contributed by atoms with Gasteiger partial charge in [0.05, 0.1) is 19.8 Å². The van der Waals surface area contributed by atoms with Crippen molar-refractivity contribution in [2.45, 2.75) is 13.8 Å². The third-order valence-electron chi connectivity index (χ3n) is 1.76. The first-order valence-corrected chi connectivity index (χ1v) is 5.94. The summed E-state index contributed by atoms with van der Waals surface area (Å²) in [4.78, 5) is 23.0. The molecular formula is C9H13IN2O4. The molecule has 16 heavy (non-hydrogen) atoms. The average Bonchev–Trinajstić information content (AvgIpc) is 2.61. The molecule has 0 spiro atoms. The van der Waals surface area contributed by atoms with Gasteiger partial charge in [0.1, 0.15) is 0 Å². The van der Waals surface area contributed by atoms with Crippen molar-refractivity contribution in [3.05, 3.63) is 9.78 Å². The summed E-state index contributed by atoms with van der Waals surface area (Å²) in [5.41, 5.74) is 0. The van der Waals surface area contributed by atoms with Crippen molar-refractivity contribution in [3.63, 3.8) is 0 Å². The lowest BCUT2D eigenvalue weighted by atomic mass is 10.6. The van der Waals surface area contributed by atoms with Crippen LogP contribution in [0.5, 0.6) is 0 Å². The molecule has 7 heteroatoms. The largest absolute Gasteiger partial charge is 0.448 e. The van der Waals surface area contributed by atoms with Crippen molar-refractivity contribution in [3.8, 4) is 0 Å². The van der Waals surface area contributed by atoms with E-state index in [0.29, 0.717) is 6.54 Å². The second-order valence-electron chi connectivity index (χ2n) is 2.88. The van der Waals surface area contributed by atoms with Crippen LogP contribution in [0.4, 0.5) is 9.59 Å². The van der Waals surface area contributed by atoms with Crippen LogP contribution in [-0.2, 0) is 9.47 Å². The monoisotopic (exact) mass is 340 g/mol. The van der Waals surface area contributed by atoms with Crippen LogP contribution in [0.2, 0.25) is 0 Å².